The molecular formula is C16H19N3O2S. The predicted molar refractivity (Wildman–Crippen MR) is 87.1 cm³/mol. The van der Waals surface area contributed by atoms with Gasteiger partial charge in [0, 0.05) is 25.0 Å². The molecule has 2 heterocycles. The zero-order chi connectivity index (χ0) is 15.5. The smallest absolute Gasteiger partial charge is 0.169 e. The van der Waals surface area contributed by atoms with Crippen LogP contribution >= 0.6 is 11.8 Å². The van der Waals surface area contributed by atoms with Crippen molar-refractivity contribution in [3.05, 3.63) is 41.3 Å². The van der Waals surface area contributed by atoms with Crippen molar-refractivity contribution in [1.29, 1.82) is 0 Å². The van der Waals surface area contributed by atoms with Crippen molar-refractivity contribution in [2.24, 2.45) is 0 Å². The van der Waals surface area contributed by atoms with Crippen LogP contribution in [0.2, 0.25) is 0 Å². The first kappa shape index (κ1) is 15.1. The minimum atomic E-state index is 0.666. The summed E-state index contributed by atoms with van der Waals surface area (Å²) in [6.07, 6.45) is 0. The van der Waals surface area contributed by atoms with Crippen LogP contribution in [-0.4, -0.2) is 28.4 Å². The zero-order valence-corrected chi connectivity index (χ0v) is 13.8. The molecule has 2 aromatic heterocycles. The van der Waals surface area contributed by atoms with Gasteiger partial charge in [-0.3, -0.25) is 0 Å². The molecule has 0 spiro atoms. The first-order valence-electron chi connectivity index (χ1n) is 7.19. The van der Waals surface area contributed by atoms with Gasteiger partial charge in [-0.15, -0.1) is 0 Å². The van der Waals surface area contributed by atoms with Gasteiger partial charge in [-0.05, 0) is 26.0 Å². The van der Waals surface area contributed by atoms with Gasteiger partial charge in [-0.2, -0.15) is 0 Å². The highest BCUT2D eigenvalue weighted by atomic mass is 32.2. The Morgan fingerprint density at radius 3 is 2.82 bits per heavy atom. The summed E-state index contributed by atoms with van der Waals surface area (Å²) in [4.78, 5) is 4.74. The number of aryl methyl sites for hydroxylation is 2. The predicted octanol–water partition coefficient (Wildman–Crippen LogP) is 3.58. The van der Waals surface area contributed by atoms with Crippen LogP contribution in [0, 0.1) is 13.8 Å². The highest BCUT2D eigenvalue weighted by Crippen LogP contribution is 2.28. The number of methoxy groups -OCH3 is 1. The van der Waals surface area contributed by atoms with E-state index in [1.165, 1.54) is 0 Å². The first-order chi connectivity index (χ1) is 10.7. The lowest BCUT2D eigenvalue weighted by Gasteiger charge is -2.08. The maximum Gasteiger partial charge on any atom is 0.169 e. The Bertz CT molecular complexity index is 759. The topological polar surface area (TPSA) is 53.1 Å². The molecule has 22 heavy (non-hydrogen) atoms. The second kappa shape index (κ2) is 6.54. The largest absolute Gasteiger partial charge is 0.383 e. The van der Waals surface area contributed by atoms with Crippen LogP contribution in [0.25, 0.3) is 11.0 Å². The number of ether oxygens (including phenoxy) is 1. The van der Waals surface area contributed by atoms with Gasteiger partial charge in [0.25, 0.3) is 0 Å². The highest BCUT2D eigenvalue weighted by molar-refractivity contribution is 7.98. The molecule has 0 aliphatic rings. The van der Waals surface area contributed by atoms with Crippen LogP contribution in [0.15, 0.2) is 33.9 Å². The molecule has 0 fully saturated rings. The van der Waals surface area contributed by atoms with Crippen LogP contribution in [0.5, 0.6) is 0 Å². The Kier molecular flexibility index (Phi) is 4.49. The molecule has 5 nitrogen and oxygen atoms in total. The summed E-state index contributed by atoms with van der Waals surface area (Å²) in [7, 11) is 1.72. The maximum absolute atomic E-state index is 5.23. The summed E-state index contributed by atoms with van der Waals surface area (Å²) in [5, 5.41) is 5.01. The lowest BCUT2D eigenvalue weighted by Crippen LogP contribution is -2.05. The van der Waals surface area contributed by atoms with E-state index in [2.05, 4.69) is 15.8 Å². The van der Waals surface area contributed by atoms with Gasteiger partial charge in [-0.1, -0.05) is 29.1 Å². The van der Waals surface area contributed by atoms with Gasteiger partial charge in [0.15, 0.2) is 5.16 Å². The van der Waals surface area contributed by atoms with E-state index in [0.717, 1.165) is 45.5 Å². The second-order valence-electron chi connectivity index (χ2n) is 5.12. The van der Waals surface area contributed by atoms with Crippen molar-refractivity contribution >= 4 is 22.8 Å². The molecule has 0 aliphatic carbocycles. The van der Waals surface area contributed by atoms with E-state index in [4.69, 9.17) is 14.2 Å². The van der Waals surface area contributed by atoms with Gasteiger partial charge in [-0.25, -0.2) is 4.98 Å². The second-order valence-corrected chi connectivity index (χ2v) is 6.06. The van der Waals surface area contributed by atoms with Gasteiger partial charge < -0.3 is 13.8 Å². The molecule has 0 bridgehead atoms. The maximum atomic E-state index is 5.23. The summed E-state index contributed by atoms with van der Waals surface area (Å²) in [6.45, 7) is 5.38. The van der Waals surface area contributed by atoms with E-state index in [-0.39, 0.29) is 0 Å². The fraction of sp³-hybridized carbons (Fsp3) is 0.375. The van der Waals surface area contributed by atoms with Crippen LogP contribution in [0.1, 0.15) is 17.0 Å². The van der Waals surface area contributed by atoms with Gasteiger partial charge >= 0.3 is 0 Å². The number of thioether (sulfide) groups is 1. The van der Waals surface area contributed by atoms with Crippen LogP contribution < -0.4 is 0 Å². The van der Waals surface area contributed by atoms with Crippen molar-refractivity contribution < 1.29 is 9.26 Å². The van der Waals surface area contributed by atoms with Crippen LogP contribution in [0.3, 0.4) is 0 Å². The molecule has 116 valence electrons. The normalized spacial score (nSPS) is 11.4. The van der Waals surface area contributed by atoms with E-state index < -0.39 is 0 Å². The van der Waals surface area contributed by atoms with Gasteiger partial charge in [0.1, 0.15) is 5.76 Å². The lowest BCUT2D eigenvalue weighted by atomic mass is 10.2. The quantitative estimate of drug-likeness (QED) is 0.650. The number of rotatable bonds is 6. The minimum absolute atomic E-state index is 0.666. The number of aromatic nitrogens is 3. The standard InChI is InChI=1S/C16H19N3O2S/c1-11-13(12(2)21-18-11)10-22-16-17-14-6-4-5-7-15(14)19(16)8-9-20-3/h4-7H,8-10H2,1-3H3. The summed E-state index contributed by atoms with van der Waals surface area (Å²) in [5.74, 6) is 1.68. The molecule has 0 saturated heterocycles. The Hall–Kier alpha value is -1.79. The average Bonchev–Trinajstić information content (AvgIpc) is 3.03. The molecule has 0 N–H and O–H groups in total. The number of benzene rings is 1. The summed E-state index contributed by atoms with van der Waals surface area (Å²) < 4.78 is 12.7. The minimum Gasteiger partial charge on any atom is -0.383 e. The SMILES string of the molecule is COCCn1c(SCc2c(C)noc2C)nc2ccccc21. The lowest BCUT2D eigenvalue weighted by molar-refractivity contribution is 0.186. The molecule has 0 atom stereocenters. The molecule has 0 saturated carbocycles. The summed E-state index contributed by atoms with van der Waals surface area (Å²) >= 11 is 1.71. The fourth-order valence-corrected chi connectivity index (χ4v) is 3.60. The van der Waals surface area contributed by atoms with E-state index in [1.807, 2.05) is 32.0 Å². The van der Waals surface area contributed by atoms with E-state index >= 15 is 0 Å². The molecule has 1 aromatic carbocycles. The Balaban J connectivity index is 1.89. The first-order valence-corrected chi connectivity index (χ1v) is 8.18. The number of para-hydroxylation sites is 2. The molecule has 0 aliphatic heterocycles. The Morgan fingerprint density at radius 2 is 2.09 bits per heavy atom. The third-order valence-corrected chi connectivity index (χ3v) is 4.67. The van der Waals surface area contributed by atoms with Crippen molar-refractivity contribution in [2.75, 3.05) is 13.7 Å². The number of hydrogen-bond donors (Lipinski definition) is 0. The van der Waals surface area contributed by atoms with Crippen molar-refractivity contribution in [3.63, 3.8) is 0 Å². The van der Waals surface area contributed by atoms with E-state index in [9.17, 15) is 0 Å². The van der Waals surface area contributed by atoms with E-state index in [1.54, 1.807) is 18.9 Å². The number of imidazole rings is 1. The molecule has 0 unspecified atom stereocenters. The fourth-order valence-electron chi connectivity index (χ4n) is 2.41. The van der Waals surface area contributed by atoms with Crippen LogP contribution in [0.4, 0.5) is 0 Å². The summed E-state index contributed by atoms with van der Waals surface area (Å²) in [5.41, 5.74) is 4.25. The molecule has 0 radical (unpaired) electrons. The summed E-state index contributed by atoms with van der Waals surface area (Å²) in [6, 6.07) is 8.19. The molecule has 3 aromatic rings. The Labute approximate surface area is 133 Å². The van der Waals surface area contributed by atoms with Gasteiger partial charge in [0.05, 0.1) is 23.3 Å². The zero-order valence-electron chi connectivity index (χ0n) is 13.0. The molecule has 6 heteroatoms. The molecular weight excluding hydrogens is 298 g/mol. The van der Waals surface area contributed by atoms with Gasteiger partial charge in [0.2, 0.25) is 0 Å². The Morgan fingerprint density at radius 1 is 1.27 bits per heavy atom. The average molecular weight is 317 g/mol. The van der Waals surface area contributed by atoms with Crippen LogP contribution in [-0.2, 0) is 17.0 Å². The number of hydrogen-bond acceptors (Lipinski definition) is 5. The van der Waals surface area contributed by atoms with Crippen molar-refractivity contribution in [1.82, 2.24) is 14.7 Å². The third kappa shape index (κ3) is 2.89. The molecule has 0 amide bonds. The highest BCUT2D eigenvalue weighted by Gasteiger charge is 2.14. The monoisotopic (exact) mass is 317 g/mol. The molecule has 3 rings (SSSR count). The number of fused-ring (bicyclic) bond motifs is 1. The number of nitrogens with zero attached hydrogens (tertiary/aromatic N) is 3. The van der Waals surface area contributed by atoms with Crippen molar-refractivity contribution in [3.8, 4) is 0 Å². The van der Waals surface area contributed by atoms with E-state index in [0.29, 0.717) is 6.61 Å². The van der Waals surface area contributed by atoms with Crippen molar-refractivity contribution in [2.45, 2.75) is 31.3 Å². The third-order valence-electron chi connectivity index (χ3n) is 3.67.